The van der Waals surface area contributed by atoms with Crippen molar-refractivity contribution >= 4 is 11.7 Å². The highest BCUT2D eigenvalue weighted by molar-refractivity contribution is 5.97. The summed E-state index contributed by atoms with van der Waals surface area (Å²) < 4.78 is 7.59. The molecule has 1 fully saturated rings. The molecule has 2 heterocycles. The normalized spacial score (nSPS) is 15.1. The first-order valence-corrected chi connectivity index (χ1v) is 13.0. The molecule has 3 aromatic rings. The number of aromatic nitrogens is 2. The molecule has 7 nitrogen and oxygen atoms in total. The number of methoxy groups -OCH3 is 1. The maximum atomic E-state index is 13.9. The van der Waals surface area contributed by atoms with Crippen molar-refractivity contribution in [3.05, 3.63) is 71.4 Å². The SMILES string of the molecule is CC[C@@H](C)N(Cc1c(C)nn(-c2ccccc2)c1N1CCN(CC)CC1)C(=O)c1ccccc1OC. The number of carbonyl (C=O) groups excluding carboxylic acids is 1. The Balaban J connectivity index is 1.77. The van der Waals surface area contributed by atoms with E-state index in [1.54, 1.807) is 7.11 Å². The molecule has 1 aliphatic heterocycles. The van der Waals surface area contributed by atoms with E-state index in [0.29, 0.717) is 17.9 Å². The zero-order chi connectivity index (χ0) is 25.7. The maximum absolute atomic E-state index is 13.9. The first-order valence-electron chi connectivity index (χ1n) is 13.0. The number of aryl methyl sites for hydroxylation is 1. The average Bonchev–Trinajstić information content (AvgIpc) is 3.26. The topological polar surface area (TPSA) is 53.8 Å². The van der Waals surface area contributed by atoms with Crippen LogP contribution < -0.4 is 9.64 Å². The quantitative estimate of drug-likeness (QED) is 0.433. The van der Waals surface area contributed by atoms with Crippen molar-refractivity contribution in [1.29, 1.82) is 0 Å². The third-order valence-electron chi connectivity index (χ3n) is 7.33. The van der Waals surface area contributed by atoms with E-state index in [1.165, 1.54) is 0 Å². The molecule has 1 aliphatic rings. The van der Waals surface area contributed by atoms with E-state index < -0.39 is 0 Å². The largest absolute Gasteiger partial charge is 0.496 e. The van der Waals surface area contributed by atoms with Gasteiger partial charge in [-0.2, -0.15) is 5.10 Å². The van der Waals surface area contributed by atoms with Gasteiger partial charge in [-0.3, -0.25) is 4.79 Å². The van der Waals surface area contributed by atoms with Crippen molar-refractivity contribution in [2.75, 3.05) is 44.7 Å². The second kappa shape index (κ2) is 11.6. The van der Waals surface area contributed by atoms with Crippen molar-refractivity contribution in [3.8, 4) is 11.4 Å². The molecule has 0 spiro atoms. The smallest absolute Gasteiger partial charge is 0.258 e. The summed E-state index contributed by atoms with van der Waals surface area (Å²) in [5.41, 5.74) is 3.68. The molecule has 1 amide bonds. The third-order valence-corrected chi connectivity index (χ3v) is 7.33. The van der Waals surface area contributed by atoms with Crippen molar-refractivity contribution in [3.63, 3.8) is 0 Å². The Morgan fingerprint density at radius 3 is 2.33 bits per heavy atom. The number of anilines is 1. The van der Waals surface area contributed by atoms with E-state index in [1.807, 2.05) is 47.4 Å². The lowest BCUT2D eigenvalue weighted by Crippen LogP contribution is -2.47. The zero-order valence-corrected chi connectivity index (χ0v) is 22.3. The zero-order valence-electron chi connectivity index (χ0n) is 22.3. The predicted octanol–water partition coefficient (Wildman–Crippen LogP) is 4.77. The number of carbonyl (C=O) groups is 1. The van der Waals surface area contributed by atoms with Crippen molar-refractivity contribution in [2.45, 2.75) is 46.7 Å². The Labute approximate surface area is 215 Å². The van der Waals surface area contributed by atoms with Gasteiger partial charge in [0.05, 0.1) is 30.6 Å². The Hall–Kier alpha value is -3.32. The summed E-state index contributed by atoms with van der Waals surface area (Å²) in [4.78, 5) is 20.8. The van der Waals surface area contributed by atoms with Gasteiger partial charge in [-0.1, -0.05) is 44.2 Å². The van der Waals surface area contributed by atoms with Crippen molar-refractivity contribution in [1.82, 2.24) is 19.6 Å². The van der Waals surface area contributed by atoms with Gasteiger partial charge in [-0.15, -0.1) is 0 Å². The molecule has 4 rings (SSSR count). The number of rotatable bonds is 9. The summed E-state index contributed by atoms with van der Waals surface area (Å²) in [6.07, 6.45) is 0.858. The standard InChI is InChI=1S/C29H39N5O2/c1-6-22(3)33(29(35)25-15-11-12-16-27(25)36-5)21-26-23(4)30-34(24-13-9-8-10-14-24)28(26)32-19-17-31(7-2)18-20-32/h8-16,22H,6-7,17-21H2,1-5H3/t22-/m1/s1. The summed E-state index contributed by atoms with van der Waals surface area (Å²) in [6.45, 7) is 14.0. The molecular formula is C29H39N5O2. The number of hydrogen-bond acceptors (Lipinski definition) is 5. The van der Waals surface area contributed by atoms with E-state index in [-0.39, 0.29) is 11.9 Å². The molecule has 192 valence electrons. The molecule has 0 unspecified atom stereocenters. The number of likely N-dealkylation sites (N-methyl/N-ethyl adjacent to an activating group) is 1. The van der Waals surface area contributed by atoms with Crippen molar-refractivity contribution < 1.29 is 9.53 Å². The second-order valence-corrected chi connectivity index (χ2v) is 9.45. The molecule has 36 heavy (non-hydrogen) atoms. The molecule has 0 radical (unpaired) electrons. The van der Waals surface area contributed by atoms with Crippen LogP contribution in [0.2, 0.25) is 0 Å². The van der Waals surface area contributed by atoms with Gasteiger partial charge in [0.25, 0.3) is 5.91 Å². The van der Waals surface area contributed by atoms with Crippen molar-refractivity contribution in [2.24, 2.45) is 0 Å². The Morgan fingerprint density at radius 2 is 1.69 bits per heavy atom. The van der Waals surface area contributed by atoms with E-state index in [4.69, 9.17) is 9.84 Å². The first kappa shape index (κ1) is 25.8. The highest BCUT2D eigenvalue weighted by Crippen LogP contribution is 2.31. The molecule has 0 aliphatic carbocycles. The van der Waals surface area contributed by atoms with Gasteiger partial charge in [-0.05, 0) is 51.1 Å². The summed E-state index contributed by atoms with van der Waals surface area (Å²) in [7, 11) is 1.61. The van der Waals surface area contributed by atoms with Crippen LogP contribution in [-0.2, 0) is 6.54 Å². The molecule has 7 heteroatoms. The minimum absolute atomic E-state index is 0.0181. The molecule has 2 aromatic carbocycles. The Bertz CT molecular complexity index is 1150. The van der Waals surface area contributed by atoms with Gasteiger partial charge in [0, 0.05) is 37.8 Å². The van der Waals surface area contributed by atoms with Crippen LogP contribution in [0, 0.1) is 6.92 Å². The minimum Gasteiger partial charge on any atom is -0.496 e. The fourth-order valence-corrected chi connectivity index (χ4v) is 4.88. The van der Waals surface area contributed by atoms with E-state index in [0.717, 1.165) is 61.9 Å². The monoisotopic (exact) mass is 489 g/mol. The Morgan fingerprint density at radius 1 is 1.03 bits per heavy atom. The number of para-hydroxylation sites is 2. The summed E-state index contributed by atoms with van der Waals surface area (Å²) in [5.74, 6) is 1.68. The lowest BCUT2D eigenvalue weighted by Gasteiger charge is -2.37. The minimum atomic E-state index is -0.0181. The number of piperazine rings is 1. The molecule has 1 saturated heterocycles. The number of nitrogens with zero attached hydrogens (tertiary/aromatic N) is 5. The van der Waals surface area contributed by atoms with Crippen LogP contribution in [-0.4, -0.2) is 71.4 Å². The predicted molar refractivity (Wildman–Crippen MR) is 145 cm³/mol. The third kappa shape index (κ3) is 5.26. The van der Waals surface area contributed by atoms with Crippen LogP contribution in [0.4, 0.5) is 5.82 Å². The Kier molecular flexibility index (Phi) is 8.31. The van der Waals surface area contributed by atoms with Gasteiger partial charge in [0.1, 0.15) is 11.6 Å². The highest BCUT2D eigenvalue weighted by atomic mass is 16.5. The molecular weight excluding hydrogens is 450 g/mol. The average molecular weight is 490 g/mol. The van der Waals surface area contributed by atoms with Gasteiger partial charge >= 0.3 is 0 Å². The lowest BCUT2D eigenvalue weighted by molar-refractivity contribution is 0.0668. The summed E-state index contributed by atoms with van der Waals surface area (Å²) >= 11 is 0. The fourth-order valence-electron chi connectivity index (χ4n) is 4.88. The maximum Gasteiger partial charge on any atom is 0.258 e. The molecule has 0 N–H and O–H groups in total. The van der Waals surface area contributed by atoms with Crippen LogP contribution in [0.1, 0.15) is 48.8 Å². The summed E-state index contributed by atoms with van der Waals surface area (Å²) in [6, 6.07) is 17.8. The summed E-state index contributed by atoms with van der Waals surface area (Å²) in [5, 5.41) is 5.00. The van der Waals surface area contributed by atoms with Crippen LogP contribution in [0.15, 0.2) is 54.6 Å². The molecule has 0 bridgehead atoms. The van der Waals surface area contributed by atoms with Crippen LogP contribution in [0.3, 0.4) is 0 Å². The van der Waals surface area contributed by atoms with Crippen LogP contribution in [0.25, 0.3) is 5.69 Å². The lowest BCUT2D eigenvalue weighted by atomic mass is 10.1. The fraction of sp³-hybridized carbons (Fsp3) is 0.448. The van der Waals surface area contributed by atoms with E-state index in [2.05, 4.69) is 54.3 Å². The van der Waals surface area contributed by atoms with Gasteiger partial charge < -0.3 is 19.4 Å². The number of amides is 1. The molecule has 1 atom stereocenters. The number of ether oxygens (including phenoxy) is 1. The number of benzene rings is 2. The number of hydrogen-bond donors (Lipinski definition) is 0. The van der Waals surface area contributed by atoms with Gasteiger partial charge in [-0.25, -0.2) is 4.68 Å². The van der Waals surface area contributed by atoms with Gasteiger partial charge in [0.15, 0.2) is 0 Å². The first-order chi connectivity index (χ1) is 17.5. The molecule has 0 saturated carbocycles. The second-order valence-electron chi connectivity index (χ2n) is 9.45. The highest BCUT2D eigenvalue weighted by Gasteiger charge is 2.30. The van der Waals surface area contributed by atoms with E-state index >= 15 is 0 Å². The van der Waals surface area contributed by atoms with E-state index in [9.17, 15) is 4.79 Å². The van der Waals surface area contributed by atoms with Gasteiger partial charge in [0.2, 0.25) is 0 Å². The van der Waals surface area contributed by atoms with Crippen LogP contribution in [0.5, 0.6) is 5.75 Å². The van der Waals surface area contributed by atoms with Crippen LogP contribution >= 0.6 is 0 Å². The molecule has 1 aromatic heterocycles.